The number of halogens is 1. The van der Waals surface area contributed by atoms with Gasteiger partial charge in [0.05, 0.1) is 0 Å². The van der Waals surface area contributed by atoms with Gasteiger partial charge in [-0.15, -0.1) is 11.6 Å². The molecule has 0 amide bonds. The van der Waals surface area contributed by atoms with Crippen molar-refractivity contribution in [2.75, 3.05) is 0 Å². The molecule has 0 bridgehead atoms. The van der Waals surface area contributed by atoms with E-state index in [1.165, 1.54) is 0 Å². The summed E-state index contributed by atoms with van der Waals surface area (Å²) in [6, 6.07) is 0. The summed E-state index contributed by atoms with van der Waals surface area (Å²) in [6.07, 6.45) is 0. The van der Waals surface area contributed by atoms with E-state index in [2.05, 4.69) is 0 Å². The first-order chi connectivity index (χ1) is 4.55. The normalized spacial score (nSPS) is 10.8. The fraction of sp³-hybridized carbons (Fsp3) is 0.667. The second-order valence-corrected chi connectivity index (χ2v) is 1.75. The molecule has 1 N–H and O–H groups in total. The SMILES string of the molecule is CC.CC(=O)C(Cl)C(=O)O. The highest BCUT2D eigenvalue weighted by molar-refractivity contribution is 6.40. The zero-order valence-corrected chi connectivity index (χ0v) is 6.97. The zero-order chi connectivity index (χ0) is 8.73. The van der Waals surface area contributed by atoms with Gasteiger partial charge in [0.1, 0.15) is 0 Å². The van der Waals surface area contributed by atoms with Crippen LogP contribution in [0.4, 0.5) is 0 Å². The summed E-state index contributed by atoms with van der Waals surface area (Å²) in [4.78, 5) is 19.9. The Balaban J connectivity index is 0. The van der Waals surface area contributed by atoms with Crippen molar-refractivity contribution in [3.63, 3.8) is 0 Å². The van der Waals surface area contributed by atoms with Gasteiger partial charge in [0, 0.05) is 0 Å². The van der Waals surface area contributed by atoms with Crippen LogP contribution in [0.15, 0.2) is 0 Å². The van der Waals surface area contributed by atoms with Crippen LogP contribution in [0.2, 0.25) is 0 Å². The molecule has 0 aliphatic rings. The number of hydrogen-bond acceptors (Lipinski definition) is 2. The van der Waals surface area contributed by atoms with Gasteiger partial charge in [0.15, 0.2) is 11.2 Å². The Kier molecular flexibility index (Phi) is 7.95. The smallest absolute Gasteiger partial charge is 0.329 e. The Morgan fingerprint density at radius 3 is 1.70 bits per heavy atom. The van der Waals surface area contributed by atoms with E-state index in [0.717, 1.165) is 6.92 Å². The van der Waals surface area contributed by atoms with Crippen molar-refractivity contribution in [3.8, 4) is 0 Å². The molecular formula is C6H11ClO3. The van der Waals surface area contributed by atoms with Crippen molar-refractivity contribution in [2.45, 2.75) is 26.1 Å². The molecule has 60 valence electrons. The molecule has 3 nitrogen and oxygen atoms in total. The predicted octanol–water partition coefficient (Wildman–Crippen LogP) is 1.29. The molecular weight excluding hydrogens is 156 g/mol. The maximum Gasteiger partial charge on any atom is 0.329 e. The van der Waals surface area contributed by atoms with Gasteiger partial charge >= 0.3 is 5.97 Å². The van der Waals surface area contributed by atoms with Crippen LogP contribution in [0.1, 0.15) is 20.8 Å². The van der Waals surface area contributed by atoms with Gasteiger partial charge in [-0.25, -0.2) is 0 Å². The van der Waals surface area contributed by atoms with Gasteiger partial charge < -0.3 is 5.11 Å². The number of rotatable bonds is 2. The molecule has 0 aliphatic carbocycles. The Morgan fingerprint density at radius 2 is 1.70 bits per heavy atom. The maximum absolute atomic E-state index is 10.1. The monoisotopic (exact) mass is 166 g/mol. The van der Waals surface area contributed by atoms with Crippen molar-refractivity contribution < 1.29 is 14.7 Å². The first-order valence-corrected chi connectivity index (χ1v) is 3.36. The molecule has 1 atom stereocenters. The number of carbonyl (C=O) groups is 2. The molecule has 0 spiro atoms. The topological polar surface area (TPSA) is 54.4 Å². The summed E-state index contributed by atoms with van der Waals surface area (Å²) in [7, 11) is 0. The lowest BCUT2D eigenvalue weighted by atomic mass is 10.3. The molecule has 0 aliphatic heterocycles. The highest BCUT2D eigenvalue weighted by Gasteiger charge is 2.17. The molecule has 0 rings (SSSR count). The second kappa shape index (κ2) is 6.55. The summed E-state index contributed by atoms with van der Waals surface area (Å²) in [5.41, 5.74) is 0. The van der Waals surface area contributed by atoms with Gasteiger partial charge in [0.25, 0.3) is 0 Å². The zero-order valence-electron chi connectivity index (χ0n) is 6.22. The third-order valence-corrected chi connectivity index (χ3v) is 1.07. The first-order valence-electron chi connectivity index (χ1n) is 2.93. The maximum atomic E-state index is 10.1. The van der Waals surface area contributed by atoms with E-state index in [4.69, 9.17) is 16.7 Å². The largest absolute Gasteiger partial charge is 0.480 e. The number of carbonyl (C=O) groups excluding carboxylic acids is 1. The molecule has 0 aromatic carbocycles. The molecule has 0 heterocycles. The van der Waals surface area contributed by atoms with Gasteiger partial charge in [0.2, 0.25) is 0 Å². The molecule has 0 aromatic rings. The van der Waals surface area contributed by atoms with Gasteiger partial charge in [-0.2, -0.15) is 0 Å². The van der Waals surface area contributed by atoms with Crippen molar-refractivity contribution >= 4 is 23.4 Å². The lowest BCUT2D eigenvalue weighted by molar-refractivity contribution is -0.139. The van der Waals surface area contributed by atoms with E-state index in [1.807, 2.05) is 13.8 Å². The second-order valence-electron chi connectivity index (χ2n) is 1.31. The fourth-order valence-corrected chi connectivity index (χ4v) is 0.174. The van der Waals surface area contributed by atoms with Crippen LogP contribution < -0.4 is 0 Å². The van der Waals surface area contributed by atoms with Gasteiger partial charge in [-0.3, -0.25) is 9.59 Å². The fourth-order valence-electron chi connectivity index (χ4n) is 0.174. The van der Waals surface area contributed by atoms with Crippen LogP contribution >= 0.6 is 11.6 Å². The van der Waals surface area contributed by atoms with Gasteiger partial charge in [-0.1, -0.05) is 13.8 Å². The summed E-state index contributed by atoms with van der Waals surface area (Å²) >= 11 is 5.00. The number of hydrogen-bond donors (Lipinski definition) is 1. The predicted molar refractivity (Wildman–Crippen MR) is 39.3 cm³/mol. The van der Waals surface area contributed by atoms with Crippen LogP contribution in [0.5, 0.6) is 0 Å². The Labute approximate surface area is 65.0 Å². The summed E-state index contributed by atoms with van der Waals surface area (Å²) in [5, 5.41) is 6.62. The van der Waals surface area contributed by atoms with E-state index < -0.39 is 17.1 Å². The summed E-state index contributed by atoms with van der Waals surface area (Å²) in [5.74, 6) is -1.83. The van der Waals surface area contributed by atoms with E-state index in [1.54, 1.807) is 0 Å². The quantitative estimate of drug-likeness (QED) is 0.497. The van der Waals surface area contributed by atoms with Crippen molar-refractivity contribution in [1.82, 2.24) is 0 Å². The van der Waals surface area contributed by atoms with E-state index >= 15 is 0 Å². The van der Waals surface area contributed by atoms with E-state index in [-0.39, 0.29) is 0 Å². The van der Waals surface area contributed by atoms with Crippen LogP contribution in [0, 0.1) is 0 Å². The van der Waals surface area contributed by atoms with Crippen molar-refractivity contribution in [2.24, 2.45) is 0 Å². The minimum atomic E-state index is -1.38. The third kappa shape index (κ3) is 5.56. The Bertz CT molecular complexity index is 108. The number of carboxylic acid groups (broad SMARTS) is 1. The number of Topliss-reactive ketones (excluding diaryl/α,β-unsaturated/α-hetero) is 1. The lowest BCUT2D eigenvalue weighted by Crippen LogP contribution is -2.20. The van der Waals surface area contributed by atoms with E-state index in [0.29, 0.717) is 0 Å². The van der Waals surface area contributed by atoms with Crippen molar-refractivity contribution in [1.29, 1.82) is 0 Å². The summed E-state index contributed by atoms with van der Waals surface area (Å²) < 4.78 is 0. The van der Waals surface area contributed by atoms with E-state index in [9.17, 15) is 9.59 Å². The number of aliphatic carboxylic acids is 1. The van der Waals surface area contributed by atoms with Crippen LogP contribution in [-0.2, 0) is 9.59 Å². The molecule has 10 heavy (non-hydrogen) atoms. The minimum absolute atomic E-state index is 0.542. The molecule has 0 fully saturated rings. The average molecular weight is 167 g/mol. The standard InChI is InChI=1S/C4H5ClO3.C2H6/c1-2(6)3(5)4(7)8;1-2/h3H,1H3,(H,7,8);1-2H3. The molecule has 1 unspecified atom stereocenters. The van der Waals surface area contributed by atoms with Crippen molar-refractivity contribution in [3.05, 3.63) is 0 Å². The minimum Gasteiger partial charge on any atom is -0.480 e. The first kappa shape index (κ1) is 12.1. The molecule has 0 saturated carbocycles. The summed E-state index contributed by atoms with van der Waals surface area (Å²) in [6.45, 7) is 5.13. The number of alkyl halides is 1. The highest BCUT2D eigenvalue weighted by atomic mass is 35.5. The number of carboxylic acids is 1. The average Bonchev–Trinajstić information content (AvgIpc) is 1.90. The Hall–Kier alpha value is -0.570. The van der Waals surface area contributed by atoms with Crippen LogP contribution in [-0.4, -0.2) is 22.2 Å². The highest BCUT2D eigenvalue weighted by Crippen LogP contribution is 1.95. The van der Waals surface area contributed by atoms with Gasteiger partial charge in [-0.05, 0) is 6.92 Å². The molecule has 0 aromatic heterocycles. The number of ketones is 1. The Morgan fingerprint density at radius 1 is 1.40 bits per heavy atom. The molecule has 0 saturated heterocycles. The van der Waals surface area contributed by atoms with Crippen LogP contribution in [0.25, 0.3) is 0 Å². The molecule has 4 heteroatoms. The molecule has 0 radical (unpaired) electrons. The third-order valence-electron chi connectivity index (χ3n) is 0.574. The lowest BCUT2D eigenvalue weighted by Gasteiger charge is -1.93. The van der Waals surface area contributed by atoms with Crippen LogP contribution in [0.3, 0.4) is 0 Å².